The van der Waals surface area contributed by atoms with Crippen LogP contribution in [-0.2, 0) is 18.8 Å². The van der Waals surface area contributed by atoms with Gasteiger partial charge in [-0.1, -0.05) is 0 Å². The van der Waals surface area contributed by atoms with Gasteiger partial charge >= 0.3 is 19.2 Å². The molecule has 1 aromatic rings. The van der Waals surface area contributed by atoms with Crippen LogP contribution in [0.3, 0.4) is 0 Å². The number of carbonyl (C=O) groups is 2. The number of aromatic nitrogens is 2. The number of hydrogen-bond acceptors (Lipinski definition) is 8. The number of amides is 2. The van der Waals surface area contributed by atoms with E-state index in [1.807, 2.05) is 27.7 Å². The molecule has 2 fully saturated rings. The number of nitrogens with one attached hydrogen (secondary N) is 1. The van der Waals surface area contributed by atoms with Gasteiger partial charge in [-0.2, -0.15) is 0 Å². The normalized spacial score (nSPS) is 22.8. The van der Waals surface area contributed by atoms with Crippen molar-refractivity contribution >= 4 is 24.6 Å². The molecule has 10 nitrogen and oxygen atoms in total. The van der Waals surface area contributed by atoms with Crippen molar-refractivity contribution in [1.82, 2.24) is 20.2 Å². The summed E-state index contributed by atoms with van der Waals surface area (Å²) in [5.74, 6) is -0.184. The number of ether oxygens (including phenoxy) is 2. The summed E-state index contributed by atoms with van der Waals surface area (Å²) >= 11 is 0. The van der Waals surface area contributed by atoms with Crippen LogP contribution < -0.4 is 15.5 Å². The molecule has 2 aliphatic rings. The molecule has 0 aliphatic carbocycles. The van der Waals surface area contributed by atoms with Crippen molar-refractivity contribution in [3.8, 4) is 6.01 Å². The Kier molecular flexibility index (Phi) is 7.47. The highest BCUT2D eigenvalue weighted by Gasteiger charge is 2.52. The largest absolute Gasteiger partial charge is 0.498 e. The first kappa shape index (κ1) is 26.2. The highest BCUT2D eigenvalue weighted by atomic mass is 16.7. The molecule has 0 saturated carbocycles. The van der Waals surface area contributed by atoms with Crippen molar-refractivity contribution in [1.29, 1.82) is 0 Å². The highest BCUT2D eigenvalue weighted by Crippen LogP contribution is 2.36. The zero-order chi connectivity index (χ0) is 25.3. The van der Waals surface area contributed by atoms with Gasteiger partial charge < -0.3 is 29.0 Å². The average Bonchev–Trinajstić information content (AvgIpc) is 2.93. The summed E-state index contributed by atoms with van der Waals surface area (Å²) in [6, 6.07) is -0.469. The lowest BCUT2D eigenvalue weighted by Crippen LogP contribution is -2.52. The van der Waals surface area contributed by atoms with E-state index in [-0.39, 0.29) is 18.0 Å². The summed E-state index contributed by atoms with van der Waals surface area (Å²) in [6.07, 6.45) is 3.98. The fraction of sp³-hybridized carbons (Fsp3) is 0.739. The smallest absolute Gasteiger partial charge is 0.458 e. The molecule has 1 aromatic heterocycles. The Hall–Kier alpha value is -2.40. The van der Waals surface area contributed by atoms with Gasteiger partial charge in [0, 0.05) is 24.4 Å². The molecular weight excluding hydrogens is 439 g/mol. The minimum Gasteiger partial charge on any atom is -0.458 e. The summed E-state index contributed by atoms with van der Waals surface area (Å²) in [5.41, 5.74) is -0.802. The predicted octanol–water partition coefficient (Wildman–Crippen LogP) is 2.06. The second kappa shape index (κ2) is 9.69. The van der Waals surface area contributed by atoms with Crippen LogP contribution >= 0.6 is 0 Å². The average molecular weight is 476 g/mol. The Bertz CT molecular complexity index is 870. The lowest BCUT2D eigenvalue weighted by molar-refractivity contribution is -0.135. The van der Waals surface area contributed by atoms with Crippen molar-refractivity contribution in [2.45, 2.75) is 97.2 Å². The molecule has 2 saturated heterocycles. The van der Waals surface area contributed by atoms with Gasteiger partial charge in [0.15, 0.2) is 0 Å². The van der Waals surface area contributed by atoms with Gasteiger partial charge in [0.05, 0.1) is 17.7 Å². The first-order valence-corrected chi connectivity index (χ1v) is 11.8. The third-order valence-corrected chi connectivity index (χ3v) is 6.24. The van der Waals surface area contributed by atoms with Gasteiger partial charge in [-0.3, -0.25) is 4.79 Å². The molecule has 2 unspecified atom stereocenters. The van der Waals surface area contributed by atoms with Crippen LogP contribution in [-0.4, -0.2) is 76.0 Å². The molecule has 0 bridgehead atoms. The molecule has 3 heterocycles. The van der Waals surface area contributed by atoms with Gasteiger partial charge in [0.25, 0.3) is 0 Å². The molecular formula is C23H37BN4O6. The molecule has 2 amide bonds. The van der Waals surface area contributed by atoms with E-state index in [0.717, 1.165) is 12.8 Å². The van der Waals surface area contributed by atoms with E-state index in [4.69, 9.17) is 18.8 Å². The number of piperidine rings is 1. The van der Waals surface area contributed by atoms with E-state index in [2.05, 4.69) is 15.3 Å². The number of nitrogens with zero attached hydrogens (tertiary/aromatic N) is 3. The first-order chi connectivity index (χ1) is 15.7. The maximum absolute atomic E-state index is 12.8. The van der Waals surface area contributed by atoms with E-state index in [9.17, 15) is 9.59 Å². The molecule has 11 heteroatoms. The minimum absolute atomic E-state index is 0.184. The molecule has 0 spiro atoms. The Morgan fingerprint density at radius 3 is 2.32 bits per heavy atom. The first-order valence-electron chi connectivity index (χ1n) is 11.8. The van der Waals surface area contributed by atoms with Gasteiger partial charge in [0.1, 0.15) is 17.7 Å². The third kappa shape index (κ3) is 6.38. The molecule has 1 N–H and O–H groups in total. The Morgan fingerprint density at radius 2 is 1.76 bits per heavy atom. The van der Waals surface area contributed by atoms with Crippen LogP contribution in [0, 0.1) is 0 Å². The second-order valence-corrected chi connectivity index (χ2v) is 10.9. The zero-order valence-corrected chi connectivity index (χ0v) is 21.5. The van der Waals surface area contributed by atoms with Gasteiger partial charge in [-0.05, 0) is 68.2 Å². The zero-order valence-electron chi connectivity index (χ0n) is 21.5. The lowest BCUT2D eigenvalue weighted by Gasteiger charge is -2.34. The quantitative estimate of drug-likeness (QED) is 0.643. The lowest BCUT2D eigenvalue weighted by atomic mass is 9.81. The Labute approximate surface area is 202 Å². The maximum atomic E-state index is 12.8. The van der Waals surface area contributed by atoms with Gasteiger partial charge in [-0.15, -0.1) is 0 Å². The van der Waals surface area contributed by atoms with Crippen molar-refractivity contribution in [2.75, 3.05) is 13.1 Å². The van der Waals surface area contributed by atoms with Crippen molar-refractivity contribution in [2.24, 2.45) is 0 Å². The van der Waals surface area contributed by atoms with E-state index < -0.39 is 36.1 Å². The van der Waals surface area contributed by atoms with E-state index in [1.54, 1.807) is 45.0 Å². The van der Waals surface area contributed by atoms with Crippen LogP contribution in [0.15, 0.2) is 12.4 Å². The molecule has 0 aromatic carbocycles. The SMILES string of the molecule is CC(NC(=O)OC(C)(C)C)C(=O)N1CCCC(Oc2ncc(B3OC(C)(C)C(C)(C)O3)cn2)C1. The summed E-state index contributed by atoms with van der Waals surface area (Å²) in [5, 5.41) is 2.60. The predicted molar refractivity (Wildman–Crippen MR) is 127 cm³/mol. The van der Waals surface area contributed by atoms with E-state index in [0.29, 0.717) is 18.6 Å². The van der Waals surface area contributed by atoms with E-state index >= 15 is 0 Å². The van der Waals surface area contributed by atoms with Crippen LogP contribution in [0.25, 0.3) is 0 Å². The Morgan fingerprint density at radius 1 is 1.18 bits per heavy atom. The topological polar surface area (TPSA) is 112 Å². The number of carbonyl (C=O) groups excluding carboxylic acids is 2. The van der Waals surface area contributed by atoms with E-state index in [1.165, 1.54) is 0 Å². The fourth-order valence-corrected chi connectivity index (χ4v) is 3.69. The second-order valence-electron chi connectivity index (χ2n) is 10.9. The number of likely N-dealkylation sites (tertiary alicyclic amines) is 1. The van der Waals surface area contributed by atoms with Crippen LogP contribution in [0.4, 0.5) is 4.79 Å². The molecule has 3 rings (SSSR count). The Balaban J connectivity index is 1.54. The fourth-order valence-electron chi connectivity index (χ4n) is 3.69. The summed E-state index contributed by atoms with van der Waals surface area (Å²) < 4.78 is 23.2. The molecule has 2 aliphatic heterocycles. The summed E-state index contributed by atoms with van der Waals surface area (Å²) in [6.45, 7) is 15.9. The summed E-state index contributed by atoms with van der Waals surface area (Å²) in [7, 11) is -0.541. The maximum Gasteiger partial charge on any atom is 0.498 e. The molecule has 2 atom stereocenters. The molecule has 188 valence electrons. The minimum atomic E-state index is -0.705. The number of hydrogen-bond donors (Lipinski definition) is 1. The van der Waals surface area contributed by atoms with Crippen molar-refractivity contribution < 1.29 is 28.4 Å². The third-order valence-electron chi connectivity index (χ3n) is 6.24. The van der Waals surface area contributed by atoms with Crippen LogP contribution in [0.5, 0.6) is 6.01 Å². The highest BCUT2D eigenvalue weighted by molar-refractivity contribution is 6.61. The van der Waals surface area contributed by atoms with Crippen molar-refractivity contribution in [3.05, 3.63) is 12.4 Å². The van der Waals surface area contributed by atoms with Gasteiger partial charge in [-0.25, -0.2) is 14.8 Å². The molecule has 0 radical (unpaired) electrons. The van der Waals surface area contributed by atoms with Crippen LogP contribution in [0.1, 0.15) is 68.2 Å². The number of alkyl carbamates (subject to hydrolysis) is 1. The summed E-state index contributed by atoms with van der Waals surface area (Å²) in [4.78, 5) is 35.2. The number of rotatable bonds is 5. The van der Waals surface area contributed by atoms with Crippen LogP contribution in [0.2, 0.25) is 0 Å². The monoisotopic (exact) mass is 476 g/mol. The molecule has 34 heavy (non-hydrogen) atoms. The standard InChI is InChI=1S/C23H37BN4O6/c1-15(27-20(30)32-21(2,3)4)18(29)28-11-9-10-17(14-28)31-19-25-12-16(13-26-19)24-33-22(5,6)23(7,8)34-24/h12-13,15,17H,9-11,14H2,1-8H3,(H,27,30). The van der Waals surface area contributed by atoms with Gasteiger partial charge in [0.2, 0.25) is 5.91 Å². The van der Waals surface area contributed by atoms with Crippen molar-refractivity contribution in [3.63, 3.8) is 0 Å².